The van der Waals surface area contributed by atoms with Gasteiger partial charge in [-0.15, -0.1) is 0 Å². The molecule has 1 aliphatic rings. The van der Waals surface area contributed by atoms with Crippen LogP contribution in [0.1, 0.15) is 33.1 Å². The standard InChI is InChI=1S/C13H22INO3/c1-4-15(5-2)11(16)13(12(17)18-3)8-6-7-10(13)9-14/h10H,4-9H2,1-3H3/t10-,13-/m0/s1. The Labute approximate surface area is 123 Å². The summed E-state index contributed by atoms with van der Waals surface area (Å²) in [5.74, 6) is -0.282. The third kappa shape index (κ3) is 2.51. The lowest BCUT2D eigenvalue weighted by molar-refractivity contribution is -0.165. The van der Waals surface area contributed by atoms with Gasteiger partial charge in [0.2, 0.25) is 5.91 Å². The van der Waals surface area contributed by atoms with Gasteiger partial charge < -0.3 is 9.64 Å². The number of hydrogen-bond acceptors (Lipinski definition) is 3. The third-order valence-electron chi connectivity index (χ3n) is 3.99. The van der Waals surface area contributed by atoms with E-state index in [4.69, 9.17) is 4.74 Å². The van der Waals surface area contributed by atoms with Crippen LogP contribution in [0, 0.1) is 11.3 Å². The molecule has 0 N–H and O–H groups in total. The summed E-state index contributed by atoms with van der Waals surface area (Å²) in [6, 6.07) is 0. The lowest BCUT2D eigenvalue weighted by Gasteiger charge is -2.35. The molecule has 0 spiro atoms. The van der Waals surface area contributed by atoms with Crippen LogP contribution in [0.25, 0.3) is 0 Å². The van der Waals surface area contributed by atoms with E-state index in [1.807, 2.05) is 13.8 Å². The second-order valence-electron chi connectivity index (χ2n) is 4.68. The van der Waals surface area contributed by atoms with Gasteiger partial charge in [0.15, 0.2) is 0 Å². The Kier molecular flexibility index (Phi) is 5.88. The highest BCUT2D eigenvalue weighted by Gasteiger charge is 2.56. The number of amides is 1. The minimum Gasteiger partial charge on any atom is -0.468 e. The van der Waals surface area contributed by atoms with E-state index in [0.717, 1.165) is 17.3 Å². The topological polar surface area (TPSA) is 46.6 Å². The van der Waals surface area contributed by atoms with Crippen LogP contribution in [0.15, 0.2) is 0 Å². The molecule has 1 aliphatic carbocycles. The number of methoxy groups -OCH3 is 1. The zero-order valence-corrected chi connectivity index (χ0v) is 13.5. The lowest BCUT2D eigenvalue weighted by Crippen LogP contribution is -2.51. The molecule has 0 aromatic rings. The molecule has 4 nitrogen and oxygen atoms in total. The molecule has 5 heteroatoms. The van der Waals surface area contributed by atoms with Gasteiger partial charge in [0, 0.05) is 17.5 Å². The zero-order valence-electron chi connectivity index (χ0n) is 11.4. The van der Waals surface area contributed by atoms with Gasteiger partial charge in [0.25, 0.3) is 0 Å². The Balaban J connectivity index is 3.12. The zero-order chi connectivity index (χ0) is 13.8. The van der Waals surface area contributed by atoms with Crippen molar-refractivity contribution in [2.24, 2.45) is 11.3 Å². The molecule has 0 unspecified atom stereocenters. The van der Waals surface area contributed by atoms with Gasteiger partial charge in [-0.1, -0.05) is 29.0 Å². The number of carbonyl (C=O) groups excluding carboxylic acids is 2. The quantitative estimate of drug-likeness (QED) is 0.324. The maximum atomic E-state index is 12.7. The molecule has 0 radical (unpaired) electrons. The molecule has 1 rings (SSSR count). The Bertz CT molecular complexity index is 317. The largest absolute Gasteiger partial charge is 0.468 e. The summed E-state index contributed by atoms with van der Waals surface area (Å²) in [6.45, 7) is 5.17. The highest BCUT2D eigenvalue weighted by atomic mass is 127. The predicted octanol–water partition coefficient (Wildman–Crippen LogP) is 2.25. The minimum atomic E-state index is -0.929. The number of rotatable bonds is 5. The molecule has 0 aliphatic heterocycles. The van der Waals surface area contributed by atoms with Crippen LogP contribution in [-0.4, -0.2) is 41.4 Å². The molecule has 0 aromatic carbocycles. The van der Waals surface area contributed by atoms with Gasteiger partial charge in [-0.2, -0.15) is 0 Å². The van der Waals surface area contributed by atoms with Crippen molar-refractivity contribution in [1.29, 1.82) is 0 Å². The minimum absolute atomic E-state index is 0.0430. The van der Waals surface area contributed by atoms with Crippen molar-refractivity contribution in [3.05, 3.63) is 0 Å². The molecule has 0 bridgehead atoms. The molecule has 2 atom stereocenters. The Morgan fingerprint density at radius 3 is 2.44 bits per heavy atom. The highest BCUT2D eigenvalue weighted by molar-refractivity contribution is 14.1. The van der Waals surface area contributed by atoms with Crippen molar-refractivity contribution >= 4 is 34.5 Å². The van der Waals surface area contributed by atoms with Gasteiger partial charge >= 0.3 is 5.97 Å². The second-order valence-corrected chi connectivity index (χ2v) is 5.56. The van der Waals surface area contributed by atoms with Gasteiger partial charge in [0.1, 0.15) is 5.41 Å². The number of hydrogen-bond donors (Lipinski definition) is 0. The van der Waals surface area contributed by atoms with E-state index in [1.54, 1.807) is 4.90 Å². The van der Waals surface area contributed by atoms with E-state index in [2.05, 4.69) is 22.6 Å². The number of alkyl halides is 1. The van der Waals surface area contributed by atoms with Crippen molar-refractivity contribution in [3.63, 3.8) is 0 Å². The number of carbonyl (C=O) groups is 2. The Morgan fingerprint density at radius 1 is 1.39 bits per heavy atom. The molecule has 0 heterocycles. The molecular weight excluding hydrogens is 345 g/mol. The summed E-state index contributed by atoms with van der Waals surface area (Å²) in [4.78, 5) is 26.7. The molecule has 1 amide bonds. The van der Waals surface area contributed by atoms with E-state index in [0.29, 0.717) is 19.5 Å². The monoisotopic (exact) mass is 367 g/mol. The third-order valence-corrected chi connectivity index (χ3v) is 5.05. The Morgan fingerprint density at radius 2 is 2.00 bits per heavy atom. The lowest BCUT2D eigenvalue weighted by atomic mass is 9.77. The first-order chi connectivity index (χ1) is 8.58. The van der Waals surface area contributed by atoms with Crippen LogP contribution in [0.3, 0.4) is 0 Å². The van der Waals surface area contributed by atoms with Crippen molar-refractivity contribution < 1.29 is 14.3 Å². The summed E-state index contributed by atoms with van der Waals surface area (Å²) < 4.78 is 5.76. The summed E-state index contributed by atoms with van der Waals surface area (Å²) in [5, 5.41) is 0. The van der Waals surface area contributed by atoms with E-state index < -0.39 is 5.41 Å². The van der Waals surface area contributed by atoms with Gasteiger partial charge in [-0.05, 0) is 32.6 Å². The Hall–Kier alpha value is -0.330. The molecule has 1 fully saturated rings. The summed E-state index contributed by atoms with van der Waals surface area (Å²) in [7, 11) is 1.38. The molecule has 0 aromatic heterocycles. The fraction of sp³-hybridized carbons (Fsp3) is 0.846. The van der Waals surface area contributed by atoms with E-state index in [-0.39, 0.29) is 17.8 Å². The van der Waals surface area contributed by atoms with Crippen molar-refractivity contribution in [1.82, 2.24) is 4.90 Å². The van der Waals surface area contributed by atoms with Crippen LogP contribution < -0.4 is 0 Å². The van der Waals surface area contributed by atoms with Gasteiger partial charge in [-0.3, -0.25) is 9.59 Å². The summed E-state index contributed by atoms with van der Waals surface area (Å²) >= 11 is 2.27. The van der Waals surface area contributed by atoms with E-state index in [9.17, 15) is 9.59 Å². The van der Waals surface area contributed by atoms with E-state index >= 15 is 0 Å². The molecule has 0 saturated heterocycles. The average Bonchev–Trinajstić information content (AvgIpc) is 2.83. The maximum absolute atomic E-state index is 12.7. The number of halogens is 1. The molecule has 104 valence electrons. The van der Waals surface area contributed by atoms with Gasteiger partial charge in [-0.25, -0.2) is 0 Å². The number of nitrogens with zero attached hydrogens (tertiary/aromatic N) is 1. The molecular formula is C13H22INO3. The maximum Gasteiger partial charge on any atom is 0.321 e. The van der Waals surface area contributed by atoms with Crippen molar-refractivity contribution in [2.45, 2.75) is 33.1 Å². The summed E-state index contributed by atoms with van der Waals surface area (Å²) in [5.41, 5.74) is -0.929. The fourth-order valence-corrected chi connectivity index (χ4v) is 4.09. The second kappa shape index (κ2) is 6.73. The van der Waals surface area contributed by atoms with E-state index in [1.165, 1.54) is 7.11 Å². The van der Waals surface area contributed by atoms with Crippen LogP contribution >= 0.6 is 22.6 Å². The normalized spacial score (nSPS) is 27.0. The van der Waals surface area contributed by atoms with Crippen molar-refractivity contribution in [2.75, 3.05) is 24.6 Å². The number of ether oxygens (including phenoxy) is 1. The fourth-order valence-electron chi connectivity index (χ4n) is 2.90. The first-order valence-corrected chi connectivity index (χ1v) is 8.04. The predicted molar refractivity (Wildman–Crippen MR) is 78.6 cm³/mol. The highest BCUT2D eigenvalue weighted by Crippen LogP contribution is 2.46. The summed E-state index contributed by atoms with van der Waals surface area (Å²) in [6.07, 6.45) is 2.49. The number of esters is 1. The first-order valence-electron chi connectivity index (χ1n) is 6.52. The van der Waals surface area contributed by atoms with Crippen LogP contribution in [0.5, 0.6) is 0 Å². The van der Waals surface area contributed by atoms with Crippen LogP contribution in [-0.2, 0) is 14.3 Å². The van der Waals surface area contributed by atoms with Crippen LogP contribution in [0.2, 0.25) is 0 Å². The smallest absolute Gasteiger partial charge is 0.321 e. The van der Waals surface area contributed by atoms with Gasteiger partial charge in [0.05, 0.1) is 7.11 Å². The van der Waals surface area contributed by atoms with Crippen LogP contribution in [0.4, 0.5) is 0 Å². The average molecular weight is 367 g/mol. The van der Waals surface area contributed by atoms with Crippen molar-refractivity contribution in [3.8, 4) is 0 Å². The first kappa shape index (κ1) is 15.7. The SMILES string of the molecule is CCN(CC)C(=O)[C@]1(C(=O)OC)CCC[C@H]1CI. The molecule has 18 heavy (non-hydrogen) atoms. The molecule has 1 saturated carbocycles.